The summed E-state index contributed by atoms with van der Waals surface area (Å²) in [4.78, 5) is 12.4. The van der Waals surface area contributed by atoms with E-state index in [4.69, 9.17) is 14.2 Å². The van der Waals surface area contributed by atoms with Gasteiger partial charge in [0, 0.05) is 17.9 Å². The second-order valence-corrected chi connectivity index (χ2v) is 5.47. The Morgan fingerprint density at radius 3 is 2.45 bits per heavy atom. The quantitative estimate of drug-likeness (QED) is 0.752. The monoisotopic (exact) mass is 304 g/mol. The van der Waals surface area contributed by atoms with E-state index in [1.165, 1.54) is 0 Å². The fourth-order valence-electron chi connectivity index (χ4n) is 3.21. The van der Waals surface area contributed by atoms with Gasteiger partial charge in [-0.25, -0.2) is 0 Å². The van der Waals surface area contributed by atoms with Gasteiger partial charge in [-0.3, -0.25) is 4.79 Å². The van der Waals surface area contributed by atoms with Gasteiger partial charge in [0.25, 0.3) is 0 Å². The van der Waals surface area contributed by atoms with Crippen LogP contribution in [0.1, 0.15) is 42.7 Å². The van der Waals surface area contributed by atoms with Crippen LogP contribution >= 0.6 is 0 Å². The molecular weight excluding hydrogens is 280 g/mol. The van der Waals surface area contributed by atoms with E-state index in [-0.39, 0.29) is 5.92 Å². The van der Waals surface area contributed by atoms with E-state index in [0.29, 0.717) is 35.9 Å². The van der Waals surface area contributed by atoms with Gasteiger partial charge in [0.15, 0.2) is 11.5 Å². The van der Waals surface area contributed by atoms with Crippen LogP contribution in [0.4, 0.5) is 0 Å². The fraction of sp³-hybridized carbons (Fsp3) is 0.500. The molecule has 1 aliphatic carbocycles. The molecule has 0 radical (unpaired) electrons. The third-order valence-corrected chi connectivity index (χ3v) is 4.25. The highest BCUT2D eigenvalue weighted by atomic mass is 16.5. The first-order valence-corrected chi connectivity index (χ1v) is 7.63. The number of hydrogen-bond acceptors (Lipinski definition) is 4. The molecule has 0 bridgehead atoms. The second-order valence-electron chi connectivity index (χ2n) is 5.47. The van der Waals surface area contributed by atoms with Crippen LogP contribution in [0, 0.1) is 0 Å². The van der Waals surface area contributed by atoms with Crippen LogP contribution < -0.4 is 14.2 Å². The average Bonchev–Trinajstić information content (AvgIpc) is 2.55. The highest BCUT2D eigenvalue weighted by Crippen LogP contribution is 2.46. The van der Waals surface area contributed by atoms with Crippen molar-refractivity contribution in [1.29, 1.82) is 0 Å². The van der Waals surface area contributed by atoms with Crippen molar-refractivity contribution >= 4 is 5.78 Å². The molecule has 0 amide bonds. The molecule has 1 unspecified atom stereocenters. The smallest absolute Gasteiger partial charge is 0.203 e. The van der Waals surface area contributed by atoms with Gasteiger partial charge in [0.05, 0.1) is 21.3 Å². The molecule has 0 N–H and O–H groups in total. The van der Waals surface area contributed by atoms with E-state index in [1.54, 1.807) is 21.3 Å². The van der Waals surface area contributed by atoms with E-state index in [1.807, 2.05) is 12.1 Å². The minimum absolute atomic E-state index is 0.0857. The molecule has 1 aliphatic rings. The van der Waals surface area contributed by atoms with E-state index in [0.717, 1.165) is 30.4 Å². The maximum Gasteiger partial charge on any atom is 0.203 e. The number of ketones is 1. The largest absolute Gasteiger partial charge is 0.493 e. The number of benzene rings is 1. The lowest BCUT2D eigenvalue weighted by molar-refractivity contribution is -0.121. The first kappa shape index (κ1) is 16.4. The minimum Gasteiger partial charge on any atom is -0.493 e. The molecule has 4 nitrogen and oxygen atoms in total. The molecule has 0 aromatic heterocycles. The second kappa shape index (κ2) is 7.34. The summed E-state index contributed by atoms with van der Waals surface area (Å²) in [6, 6.07) is 1.92. The Kier molecular flexibility index (Phi) is 5.47. The summed E-state index contributed by atoms with van der Waals surface area (Å²) in [7, 11) is 4.79. The summed E-state index contributed by atoms with van der Waals surface area (Å²) >= 11 is 0. The number of rotatable bonds is 6. The number of Topliss-reactive ketones (excluding diaryl/α,β-unsaturated/α-hetero) is 1. The molecule has 120 valence electrons. The van der Waals surface area contributed by atoms with Gasteiger partial charge in [-0.15, -0.1) is 6.58 Å². The van der Waals surface area contributed by atoms with Crippen molar-refractivity contribution < 1.29 is 19.0 Å². The van der Waals surface area contributed by atoms with Gasteiger partial charge in [-0.05, 0) is 30.9 Å². The van der Waals surface area contributed by atoms with Crippen LogP contribution in [0.15, 0.2) is 18.7 Å². The Bertz CT molecular complexity index is 563. The molecule has 1 aromatic carbocycles. The van der Waals surface area contributed by atoms with Crippen LogP contribution in [0.2, 0.25) is 0 Å². The summed E-state index contributed by atoms with van der Waals surface area (Å²) in [5.74, 6) is 2.01. The van der Waals surface area contributed by atoms with E-state index >= 15 is 0 Å². The van der Waals surface area contributed by atoms with Crippen molar-refractivity contribution in [2.75, 3.05) is 21.3 Å². The number of hydrogen-bond donors (Lipinski definition) is 0. The van der Waals surface area contributed by atoms with Crippen LogP contribution in [0.25, 0.3) is 0 Å². The van der Waals surface area contributed by atoms with Crippen molar-refractivity contribution in [3.8, 4) is 17.2 Å². The standard InChI is InChI=1S/C18H24O4/c1-5-8-13-14(12-9-6-7-10-15(12)19)11-16(20-2)18(22-4)17(13)21-3/h5,11-12H,1,6-10H2,2-4H3. The van der Waals surface area contributed by atoms with Gasteiger partial charge in [-0.2, -0.15) is 0 Å². The zero-order chi connectivity index (χ0) is 16.1. The highest BCUT2D eigenvalue weighted by molar-refractivity contribution is 5.87. The molecule has 0 saturated heterocycles. The summed E-state index contributed by atoms with van der Waals surface area (Å²) in [6.07, 6.45) is 6.02. The molecule has 0 aliphatic heterocycles. The van der Waals surface area contributed by atoms with E-state index in [2.05, 4.69) is 6.58 Å². The van der Waals surface area contributed by atoms with Crippen molar-refractivity contribution in [2.24, 2.45) is 0 Å². The molecule has 22 heavy (non-hydrogen) atoms. The van der Waals surface area contributed by atoms with Gasteiger partial charge in [0.2, 0.25) is 5.75 Å². The summed E-state index contributed by atoms with van der Waals surface area (Å²) < 4.78 is 16.4. The number of carbonyl (C=O) groups is 1. The predicted molar refractivity (Wildman–Crippen MR) is 86.2 cm³/mol. The number of carbonyl (C=O) groups excluding carboxylic acids is 1. The average molecular weight is 304 g/mol. The van der Waals surface area contributed by atoms with Crippen molar-refractivity contribution in [2.45, 2.75) is 38.0 Å². The van der Waals surface area contributed by atoms with Gasteiger partial charge in [-0.1, -0.05) is 12.5 Å². The summed E-state index contributed by atoms with van der Waals surface area (Å²) in [5.41, 5.74) is 1.95. The molecule has 1 atom stereocenters. The van der Waals surface area contributed by atoms with Gasteiger partial charge in [0.1, 0.15) is 5.78 Å². The van der Waals surface area contributed by atoms with Gasteiger partial charge < -0.3 is 14.2 Å². The molecule has 1 saturated carbocycles. The SMILES string of the molecule is C=CCc1c(C2CCCCC2=O)cc(OC)c(OC)c1OC. The number of methoxy groups -OCH3 is 3. The highest BCUT2D eigenvalue weighted by Gasteiger charge is 2.30. The Morgan fingerprint density at radius 1 is 1.18 bits per heavy atom. The molecule has 0 heterocycles. The Labute approximate surface area is 132 Å². The van der Waals surface area contributed by atoms with Crippen LogP contribution in [0.5, 0.6) is 17.2 Å². The maximum absolute atomic E-state index is 12.4. The molecule has 1 aromatic rings. The molecule has 1 fully saturated rings. The Morgan fingerprint density at radius 2 is 1.91 bits per heavy atom. The topological polar surface area (TPSA) is 44.8 Å². The lowest BCUT2D eigenvalue weighted by Gasteiger charge is -2.26. The van der Waals surface area contributed by atoms with Crippen LogP contribution in [-0.4, -0.2) is 27.1 Å². The molecule has 4 heteroatoms. The van der Waals surface area contributed by atoms with Gasteiger partial charge >= 0.3 is 0 Å². The van der Waals surface area contributed by atoms with Crippen molar-refractivity contribution in [3.05, 3.63) is 29.8 Å². The lowest BCUT2D eigenvalue weighted by atomic mass is 9.80. The zero-order valence-electron chi connectivity index (χ0n) is 13.6. The number of ether oxygens (including phenoxy) is 3. The summed E-state index contributed by atoms with van der Waals surface area (Å²) in [6.45, 7) is 3.82. The Hall–Kier alpha value is -1.97. The number of allylic oxidation sites excluding steroid dienone is 1. The first-order chi connectivity index (χ1) is 10.7. The maximum atomic E-state index is 12.4. The first-order valence-electron chi connectivity index (χ1n) is 7.63. The molecule has 0 spiro atoms. The lowest BCUT2D eigenvalue weighted by Crippen LogP contribution is -2.19. The predicted octanol–water partition coefficient (Wildman–Crippen LogP) is 3.67. The zero-order valence-corrected chi connectivity index (χ0v) is 13.6. The van der Waals surface area contributed by atoms with E-state index < -0.39 is 0 Å². The minimum atomic E-state index is -0.0857. The van der Waals surface area contributed by atoms with Crippen molar-refractivity contribution in [3.63, 3.8) is 0 Å². The van der Waals surface area contributed by atoms with Crippen LogP contribution in [0.3, 0.4) is 0 Å². The summed E-state index contributed by atoms with van der Waals surface area (Å²) in [5, 5.41) is 0. The van der Waals surface area contributed by atoms with Crippen molar-refractivity contribution in [1.82, 2.24) is 0 Å². The normalized spacial score (nSPS) is 18.0. The fourth-order valence-corrected chi connectivity index (χ4v) is 3.21. The third-order valence-electron chi connectivity index (χ3n) is 4.25. The Balaban J connectivity index is 2.64. The molecular formula is C18H24O4. The van der Waals surface area contributed by atoms with Crippen LogP contribution in [-0.2, 0) is 11.2 Å². The third kappa shape index (κ3) is 2.96. The molecule has 2 rings (SSSR count). The van der Waals surface area contributed by atoms with E-state index in [9.17, 15) is 4.79 Å².